The average molecular weight is 582 g/mol. The van der Waals surface area contributed by atoms with E-state index in [2.05, 4.69) is 33.5 Å². The Labute approximate surface area is 249 Å². The van der Waals surface area contributed by atoms with Crippen LogP contribution in [-0.4, -0.2) is 92.4 Å². The molecule has 3 fully saturated rings. The maximum atomic E-state index is 14.2. The molecule has 0 unspecified atom stereocenters. The number of H-pyrrole nitrogens is 1. The number of piperazine rings is 1. The van der Waals surface area contributed by atoms with Gasteiger partial charge in [-0.05, 0) is 61.6 Å². The molecular formula is C33H35N5O5. The Kier molecular flexibility index (Phi) is 5.73. The fourth-order valence-corrected chi connectivity index (χ4v) is 8.12. The summed E-state index contributed by atoms with van der Waals surface area (Å²) in [6.07, 6.45) is 6.38. The van der Waals surface area contributed by atoms with E-state index >= 15 is 0 Å². The maximum absolute atomic E-state index is 14.2. The lowest BCUT2D eigenvalue weighted by molar-refractivity contribution is -0.315. The lowest BCUT2D eigenvalue weighted by Gasteiger charge is -2.48. The molecule has 3 aromatic rings. The predicted molar refractivity (Wildman–Crippen MR) is 158 cm³/mol. The largest absolute Gasteiger partial charge is 0.361 e. The molecule has 0 radical (unpaired) electrons. The zero-order valence-corrected chi connectivity index (χ0v) is 24.2. The van der Waals surface area contributed by atoms with Crippen molar-refractivity contribution in [3.8, 4) is 0 Å². The van der Waals surface area contributed by atoms with Gasteiger partial charge < -0.3 is 20.3 Å². The summed E-state index contributed by atoms with van der Waals surface area (Å²) < 4.78 is 6.23. The molecule has 222 valence electrons. The summed E-state index contributed by atoms with van der Waals surface area (Å²) in [7, 11) is 2.02. The molecule has 5 heterocycles. The van der Waals surface area contributed by atoms with Crippen molar-refractivity contribution in [1.29, 1.82) is 0 Å². The van der Waals surface area contributed by atoms with Crippen LogP contribution >= 0.6 is 0 Å². The summed E-state index contributed by atoms with van der Waals surface area (Å²) in [5.41, 5.74) is 3.58. The third-order valence-corrected chi connectivity index (χ3v) is 10.1. The average Bonchev–Trinajstić information content (AvgIpc) is 3.70. The molecule has 4 aliphatic heterocycles. The number of fused-ring (bicyclic) bond motifs is 5. The number of ether oxygens (including phenoxy) is 1. The summed E-state index contributed by atoms with van der Waals surface area (Å²) in [4.78, 5) is 50.2. The number of carbonyl (C=O) groups excluding carboxylic acids is 3. The van der Waals surface area contributed by atoms with Crippen molar-refractivity contribution in [2.24, 2.45) is 5.92 Å². The van der Waals surface area contributed by atoms with Crippen molar-refractivity contribution in [1.82, 2.24) is 25.0 Å². The molecule has 8 rings (SSSR count). The van der Waals surface area contributed by atoms with Crippen LogP contribution in [0.15, 0.2) is 60.8 Å². The number of aromatic nitrogens is 1. The van der Waals surface area contributed by atoms with Gasteiger partial charge in [-0.15, -0.1) is 0 Å². The quantitative estimate of drug-likeness (QED) is 0.434. The van der Waals surface area contributed by atoms with Gasteiger partial charge in [0, 0.05) is 42.7 Å². The fraction of sp³-hybridized carbons (Fsp3) is 0.424. The number of benzene rings is 2. The minimum absolute atomic E-state index is 0.144. The van der Waals surface area contributed by atoms with Crippen LogP contribution in [0.1, 0.15) is 36.5 Å². The highest BCUT2D eigenvalue weighted by Crippen LogP contribution is 2.46. The number of amides is 3. The molecule has 43 heavy (non-hydrogen) atoms. The van der Waals surface area contributed by atoms with Crippen LogP contribution in [0.2, 0.25) is 0 Å². The molecule has 1 aromatic heterocycles. The van der Waals surface area contributed by atoms with E-state index in [1.165, 1.54) is 22.8 Å². The van der Waals surface area contributed by atoms with Gasteiger partial charge in [0.15, 0.2) is 0 Å². The molecule has 5 aliphatic rings. The van der Waals surface area contributed by atoms with Gasteiger partial charge in [0.25, 0.3) is 11.8 Å². The fourth-order valence-electron chi connectivity index (χ4n) is 8.12. The van der Waals surface area contributed by atoms with E-state index in [1.54, 1.807) is 4.90 Å². The van der Waals surface area contributed by atoms with Crippen molar-refractivity contribution in [3.05, 3.63) is 77.5 Å². The maximum Gasteiger partial charge on any atom is 0.280 e. The Morgan fingerprint density at radius 3 is 2.79 bits per heavy atom. The van der Waals surface area contributed by atoms with Gasteiger partial charge in [-0.25, -0.2) is 0 Å². The molecule has 3 saturated heterocycles. The number of aromatic amines is 1. The summed E-state index contributed by atoms with van der Waals surface area (Å²) >= 11 is 0. The number of nitrogens with one attached hydrogen (secondary N) is 2. The first-order chi connectivity index (χ1) is 20.7. The van der Waals surface area contributed by atoms with Crippen LogP contribution < -0.4 is 5.32 Å². The Bertz CT molecular complexity index is 1700. The van der Waals surface area contributed by atoms with Crippen molar-refractivity contribution in [2.45, 2.75) is 62.4 Å². The molecule has 6 atom stereocenters. The molecule has 0 saturated carbocycles. The van der Waals surface area contributed by atoms with E-state index in [0.29, 0.717) is 25.9 Å². The van der Waals surface area contributed by atoms with Gasteiger partial charge in [0.2, 0.25) is 17.5 Å². The van der Waals surface area contributed by atoms with Gasteiger partial charge in [-0.3, -0.25) is 28.9 Å². The first-order valence-electron chi connectivity index (χ1n) is 15.1. The number of aliphatic hydroxyl groups is 1. The SMILES string of the molecule is CN1C[C@H](C(=O)N[C@]2(C)O[C@@]3(O)[C@@H]4CCCN4C(=O)[C@@H](Cc4ccccc4)N3C2=O)C=C2c3cccc4[nH]cc(c34)C[C@H]21. The predicted octanol–water partition coefficient (Wildman–Crippen LogP) is 1.99. The van der Waals surface area contributed by atoms with E-state index in [4.69, 9.17) is 4.74 Å². The second-order valence-electron chi connectivity index (χ2n) is 12.8. The number of rotatable bonds is 4. The normalized spacial score (nSPS) is 33.3. The Hall–Kier alpha value is -3.99. The summed E-state index contributed by atoms with van der Waals surface area (Å²) in [5.74, 6) is -3.77. The van der Waals surface area contributed by atoms with E-state index in [-0.39, 0.29) is 24.3 Å². The number of hydrogen-bond donors (Lipinski definition) is 3. The first-order valence-corrected chi connectivity index (χ1v) is 15.1. The first kappa shape index (κ1) is 26.6. The summed E-state index contributed by atoms with van der Waals surface area (Å²) in [6, 6.07) is 14.1. The second-order valence-corrected chi connectivity index (χ2v) is 12.8. The van der Waals surface area contributed by atoms with Crippen molar-refractivity contribution < 1.29 is 24.2 Å². The smallest absolute Gasteiger partial charge is 0.280 e. The number of likely N-dealkylation sites (N-methyl/N-ethyl adjacent to an activating group) is 1. The Balaban J connectivity index is 1.11. The molecule has 0 bridgehead atoms. The van der Waals surface area contributed by atoms with E-state index in [1.807, 2.05) is 49.5 Å². The standard InChI is InChI=1S/C33H35N5O5/c1-32(35-29(39)21-15-23-22-10-6-11-24-28(22)20(17-34-24)16-25(23)36(2)18-21)31(41)38-26(14-19-8-4-3-5-9-19)30(40)37-13-7-12-27(37)33(38,42)43-32/h3-6,8-11,15,17,21,25-27,34,42H,7,12-14,16,18H2,1-2H3,(H,35,39)/t21-,25-,26-,27+,32-,33+/m1/s1. The molecule has 3 amide bonds. The molecule has 2 aromatic carbocycles. The highest BCUT2D eigenvalue weighted by Gasteiger charge is 2.70. The van der Waals surface area contributed by atoms with Crippen LogP contribution in [0.25, 0.3) is 16.5 Å². The number of carbonyl (C=O) groups is 3. The Morgan fingerprint density at radius 1 is 1.16 bits per heavy atom. The highest BCUT2D eigenvalue weighted by molar-refractivity contribution is 6.00. The summed E-state index contributed by atoms with van der Waals surface area (Å²) in [5, 5.41) is 16.1. The summed E-state index contributed by atoms with van der Waals surface area (Å²) in [6.45, 7) is 2.45. The van der Waals surface area contributed by atoms with Gasteiger partial charge in [0.05, 0.1) is 5.92 Å². The zero-order chi connectivity index (χ0) is 29.7. The lowest BCUT2D eigenvalue weighted by atomic mass is 9.79. The molecule has 1 aliphatic carbocycles. The lowest BCUT2D eigenvalue weighted by Crippen LogP contribution is -2.71. The third-order valence-electron chi connectivity index (χ3n) is 10.1. The van der Waals surface area contributed by atoms with Crippen molar-refractivity contribution in [3.63, 3.8) is 0 Å². The van der Waals surface area contributed by atoms with E-state index in [0.717, 1.165) is 28.6 Å². The minimum Gasteiger partial charge on any atom is -0.361 e. The van der Waals surface area contributed by atoms with Crippen LogP contribution in [0.3, 0.4) is 0 Å². The van der Waals surface area contributed by atoms with Gasteiger partial charge >= 0.3 is 0 Å². The van der Waals surface area contributed by atoms with Crippen LogP contribution in [0, 0.1) is 5.92 Å². The van der Waals surface area contributed by atoms with Crippen LogP contribution in [-0.2, 0) is 32.0 Å². The highest BCUT2D eigenvalue weighted by atomic mass is 16.7. The second kappa shape index (κ2) is 9.25. The van der Waals surface area contributed by atoms with E-state index in [9.17, 15) is 19.5 Å². The molecule has 10 heteroatoms. The van der Waals surface area contributed by atoms with Crippen LogP contribution in [0.4, 0.5) is 0 Å². The Morgan fingerprint density at radius 2 is 1.98 bits per heavy atom. The van der Waals surface area contributed by atoms with Crippen molar-refractivity contribution in [2.75, 3.05) is 20.1 Å². The molecule has 10 nitrogen and oxygen atoms in total. The number of nitrogens with zero attached hydrogens (tertiary/aromatic N) is 3. The topological polar surface area (TPSA) is 118 Å². The van der Waals surface area contributed by atoms with Gasteiger partial charge in [-0.1, -0.05) is 48.5 Å². The van der Waals surface area contributed by atoms with Crippen LogP contribution in [0.5, 0.6) is 0 Å². The van der Waals surface area contributed by atoms with E-state index < -0.39 is 35.5 Å². The minimum atomic E-state index is -2.04. The number of hydrogen-bond acceptors (Lipinski definition) is 6. The monoisotopic (exact) mass is 581 g/mol. The zero-order valence-electron chi connectivity index (χ0n) is 24.2. The molecule has 3 N–H and O–H groups in total. The third kappa shape index (κ3) is 3.79. The van der Waals surface area contributed by atoms with Gasteiger partial charge in [0.1, 0.15) is 12.1 Å². The molecule has 0 spiro atoms. The van der Waals surface area contributed by atoms with Crippen molar-refractivity contribution >= 4 is 34.2 Å². The molecular weight excluding hydrogens is 546 g/mol. The van der Waals surface area contributed by atoms with Gasteiger partial charge in [-0.2, -0.15) is 0 Å².